The van der Waals surface area contributed by atoms with Gasteiger partial charge in [-0.2, -0.15) is 5.10 Å². The van der Waals surface area contributed by atoms with Crippen LogP contribution in [0.4, 0.5) is 5.95 Å². The van der Waals surface area contributed by atoms with Gasteiger partial charge < -0.3 is 24.8 Å². The van der Waals surface area contributed by atoms with Crippen molar-refractivity contribution in [3.63, 3.8) is 0 Å². The monoisotopic (exact) mass is 468 g/mol. The summed E-state index contributed by atoms with van der Waals surface area (Å²) in [6.45, 7) is 8.15. The van der Waals surface area contributed by atoms with Crippen LogP contribution >= 0.6 is 0 Å². The zero-order chi connectivity index (χ0) is 24.3. The molecule has 1 unspecified atom stereocenters. The summed E-state index contributed by atoms with van der Waals surface area (Å²) in [6, 6.07) is 0.301. The van der Waals surface area contributed by atoms with Gasteiger partial charge in [0.2, 0.25) is 11.8 Å². The third kappa shape index (κ3) is 4.78. The minimum atomic E-state index is -0.499. The number of aromatic amines is 1. The fraction of sp³-hybridized carbons (Fsp3) is 0.381. The van der Waals surface area contributed by atoms with Gasteiger partial charge in [-0.15, -0.1) is 10.2 Å². The van der Waals surface area contributed by atoms with Crippen molar-refractivity contribution in [2.24, 2.45) is 0 Å². The average molecular weight is 468 g/mol. The van der Waals surface area contributed by atoms with E-state index >= 15 is 0 Å². The molecule has 4 heterocycles. The Bertz CT molecular complexity index is 1160. The summed E-state index contributed by atoms with van der Waals surface area (Å²) >= 11 is 0. The van der Waals surface area contributed by atoms with E-state index in [9.17, 15) is 14.7 Å². The van der Waals surface area contributed by atoms with E-state index in [2.05, 4.69) is 56.5 Å². The Hall–Kier alpha value is -4.13. The van der Waals surface area contributed by atoms with Crippen molar-refractivity contribution >= 4 is 18.9 Å². The summed E-state index contributed by atoms with van der Waals surface area (Å²) in [5.74, 6) is -0.562. The number of carbonyl (C=O) groups excluding carboxylic acids is 2. The van der Waals surface area contributed by atoms with Crippen molar-refractivity contribution in [3.8, 4) is 39.9 Å². The maximum Gasteiger partial charge on any atom is 0.299 e. The zero-order valence-electron chi connectivity index (χ0n) is 18.8. The molecule has 3 aromatic heterocycles. The largest absolute Gasteiger partial charge is 0.503 e. The van der Waals surface area contributed by atoms with E-state index in [1.54, 1.807) is 0 Å². The van der Waals surface area contributed by atoms with Gasteiger partial charge in [0.1, 0.15) is 11.4 Å². The molecular weight excluding hydrogens is 444 g/mol. The van der Waals surface area contributed by atoms with Crippen molar-refractivity contribution < 1.29 is 24.2 Å². The molecule has 1 aliphatic heterocycles. The standard InChI is InChI=1S/C21H24N8O5/c1-21(2,3)26-13-4-5-29(9-13)20-22-8-14(27-28-20)16-17(32)18(33-10-30)15(12-6-23-24-7-12)19(25-16)34-11-31/h6-8,10-11,13,26,32H,4-5,9H2,1-3H3,(H,23,24). The number of aromatic nitrogens is 6. The Labute approximate surface area is 194 Å². The maximum atomic E-state index is 11.1. The Morgan fingerprint density at radius 3 is 2.62 bits per heavy atom. The molecular formula is C21H24N8O5. The maximum absolute atomic E-state index is 11.1. The van der Waals surface area contributed by atoms with Crippen LogP contribution in [-0.4, -0.2) is 73.1 Å². The number of nitrogens with zero attached hydrogens (tertiary/aromatic N) is 6. The fourth-order valence-electron chi connectivity index (χ4n) is 3.84. The second-order valence-corrected chi connectivity index (χ2v) is 8.70. The molecule has 13 heteroatoms. The predicted molar refractivity (Wildman–Crippen MR) is 119 cm³/mol. The van der Waals surface area contributed by atoms with Gasteiger partial charge in [0.25, 0.3) is 12.9 Å². The van der Waals surface area contributed by atoms with Crippen molar-refractivity contribution in [1.29, 1.82) is 0 Å². The van der Waals surface area contributed by atoms with E-state index in [1.165, 1.54) is 18.6 Å². The Morgan fingerprint density at radius 1 is 1.21 bits per heavy atom. The van der Waals surface area contributed by atoms with Crippen molar-refractivity contribution in [2.75, 3.05) is 18.0 Å². The molecule has 1 saturated heterocycles. The summed E-state index contributed by atoms with van der Waals surface area (Å²) in [7, 11) is 0. The molecule has 0 bridgehead atoms. The molecule has 34 heavy (non-hydrogen) atoms. The molecule has 1 atom stereocenters. The molecule has 0 amide bonds. The van der Waals surface area contributed by atoms with Crippen LogP contribution in [0, 0.1) is 0 Å². The highest BCUT2D eigenvalue weighted by molar-refractivity contribution is 5.84. The summed E-state index contributed by atoms with van der Waals surface area (Å²) in [6.07, 6.45) is 5.18. The first-order valence-electron chi connectivity index (χ1n) is 10.5. The molecule has 3 aromatic rings. The van der Waals surface area contributed by atoms with E-state index in [0.29, 0.717) is 17.6 Å². The number of H-pyrrole nitrogens is 1. The van der Waals surface area contributed by atoms with Crippen LogP contribution in [0.25, 0.3) is 22.5 Å². The third-order valence-corrected chi connectivity index (χ3v) is 5.11. The molecule has 3 N–H and O–H groups in total. The quantitative estimate of drug-likeness (QED) is 0.403. The van der Waals surface area contributed by atoms with Crippen LogP contribution in [0.1, 0.15) is 27.2 Å². The van der Waals surface area contributed by atoms with Gasteiger partial charge in [0.05, 0.1) is 18.0 Å². The number of rotatable bonds is 8. The topological polar surface area (TPSA) is 168 Å². The Kier molecular flexibility index (Phi) is 6.36. The van der Waals surface area contributed by atoms with Crippen molar-refractivity contribution in [3.05, 3.63) is 18.6 Å². The van der Waals surface area contributed by atoms with Crippen molar-refractivity contribution in [1.82, 2.24) is 35.7 Å². The second kappa shape index (κ2) is 9.39. The number of ether oxygens (including phenoxy) is 2. The second-order valence-electron chi connectivity index (χ2n) is 8.70. The minimum Gasteiger partial charge on any atom is -0.503 e. The van der Waals surface area contributed by atoms with Gasteiger partial charge in [-0.05, 0) is 27.2 Å². The summed E-state index contributed by atoms with van der Waals surface area (Å²) in [4.78, 5) is 32.8. The van der Waals surface area contributed by atoms with Crippen LogP contribution in [0.3, 0.4) is 0 Å². The van der Waals surface area contributed by atoms with Gasteiger partial charge in [-0.3, -0.25) is 14.7 Å². The number of hydrogen-bond donors (Lipinski definition) is 3. The van der Waals surface area contributed by atoms with Gasteiger partial charge in [-0.25, -0.2) is 9.97 Å². The molecule has 1 fully saturated rings. The first-order chi connectivity index (χ1) is 16.3. The number of anilines is 1. The van der Waals surface area contributed by atoms with E-state index in [0.717, 1.165) is 19.5 Å². The lowest BCUT2D eigenvalue weighted by molar-refractivity contribution is -0.121. The van der Waals surface area contributed by atoms with Gasteiger partial charge >= 0.3 is 0 Å². The highest BCUT2D eigenvalue weighted by atomic mass is 16.5. The number of pyridine rings is 1. The summed E-state index contributed by atoms with van der Waals surface area (Å²) in [5.41, 5.74) is 0.394. The summed E-state index contributed by atoms with van der Waals surface area (Å²) in [5, 5.41) is 29.1. The molecule has 178 valence electrons. The van der Waals surface area contributed by atoms with E-state index in [-0.39, 0.29) is 47.1 Å². The molecule has 4 rings (SSSR count). The van der Waals surface area contributed by atoms with E-state index < -0.39 is 5.75 Å². The Morgan fingerprint density at radius 2 is 2.00 bits per heavy atom. The van der Waals surface area contributed by atoms with Crippen LogP contribution in [0.15, 0.2) is 18.6 Å². The number of aromatic hydroxyl groups is 1. The third-order valence-electron chi connectivity index (χ3n) is 5.11. The number of carbonyl (C=O) groups is 2. The van der Waals surface area contributed by atoms with Gasteiger partial charge in [-0.1, -0.05) is 0 Å². The smallest absolute Gasteiger partial charge is 0.299 e. The van der Waals surface area contributed by atoms with Crippen molar-refractivity contribution in [2.45, 2.75) is 38.8 Å². The lowest BCUT2D eigenvalue weighted by atomic mass is 10.1. The number of nitrogens with one attached hydrogen (secondary N) is 2. The first kappa shape index (κ1) is 23.0. The first-order valence-corrected chi connectivity index (χ1v) is 10.5. The molecule has 0 spiro atoms. The zero-order valence-corrected chi connectivity index (χ0v) is 18.8. The molecule has 0 aromatic carbocycles. The van der Waals surface area contributed by atoms with Crippen LogP contribution < -0.4 is 19.7 Å². The number of hydrogen-bond acceptors (Lipinski definition) is 12. The van der Waals surface area contributed by atoms with E-state index in [1.807, 2.05) is 4.90 Å². The SMILES string of the molecule is CC(C)(C)NC1CCN(c2ncc(-c3nc(OC=O)c(-c4cn[nH]c4)c(OC=O)c3O)nn2)C1. The molecule has 0 saturated carbocycles. The lowest BCUT2D eigenvalue weighted by Gasteiger charge is -2.25. The minimum absolute atomic E-state index is 0.00193. The van der Waals surface area contributed by atoms with Crippen LogP contribution in [-0.2, 0) is 9.59 Å². The fourth-order valence-corrected chi connectivity index (χ4v) is 3.84. The predicted octanol–water partition coefficient (Wildman–Crippen LogP) is 1.07. The average Bonchev–Trinajstić information content (AvgIpc) is 3.48. The highest BCUT2D eigenvalue weighted by Crippen LogP contribution is 2.46. The Balaban J connectivity index is 1.67. The van der Waals surface area contributed by atoms with Crippen LogP contribution in [0.5, 0.6) is 17.4 Å². The highest BCUT2D eigenvalue weighted by Gasteiger charge is 2.29. The van der Waals surface area contributed by atoms with Gasteiger partial charge in [0.15, 0.2) is 11.5 Å². The lowest BCUT2D eigenvalue weighted by Crippen LogP contribution is -2.45. The molecule has 13 nitrogen and oxygen atoms in total. The molecule has 0 aliphatic carbocycles. The molecule has 1 aliphatic rings. The summed E-state index contributed by atoms with van der Waals surface area (Å²) < 4.78 is 10.0. The van der Waals surface area contributed by atoms with Crippen LogP contribution in [0.2, 0.25) is 0 Å². The normalized spacial score (nSPS) is 15.9. The van der Waals surface area contributed by atoms with E-state index in [4.69, 9.17) is 9.47 Å². The molecule has 0 radical (unpaired) electrons. The van der Waals surface area contributed by atoms with Gasteiger partial charge in [0, 0.05) is 36.4 Å².